The van der Waals surface area contributed by atoms with Crippen molar-refractivity contribution >= 4 is 46.5 Å². The zero-order valence-electron chi connectivity index (χ0n) is 29.4. The third-order valence-corrected chi connectivity index (χ3v) is 11.8. The molecule has 3 aliphatic heterocycles. The Morgan fingerprint density at radius 1 is 1.00 bits per heavy atom. The lowest BCUT2D eigenvalue weighted by Gasteiger charge is -2.44. The normalized spacial score (nSPS) is 20.2. The number of nitrogens with zero attached hydrogens (tertiary/aromatic N) is 2. The zero-order chi connectivity index (χ0) is 38.6. The molecule has 1 unspecified atom stereocenters. The molecular formula is C39H38Cl2F3N3O7S. The number of fused-ring (bicyclic) bond motifs is 3. The van der Waals surface area contributed by atoms with Gasteiger partial charge in [0.1, 0.15) is 39.0 Å². The van der Waals surface area contributed by atoms with Crippen LogP contribution in [0.2, 0.25) is 10.0 Å². The van der Waals surface area contributed by atoms with Crippen LogP contribution in [0.1, 0.15) is 69.1 Å². The summed E-state index contributed by atoms with van der Waals surface area (Å²) in [7, 11) is 0. The Hall–Kier alpha value is -4.08. The van der Waals surface area contributed by atoms with E-state index in [1.54, 1.807) is 30.3 Å². The molecule has 16 heteroatoms. The Morgan fingerprint density at radius 2 is 1.75 bits per heavy atom. The molecule has 8 rings (SSSR count). The Bertz CT molecular complexity index is 1990. The van der Waals surface area contributed by atoms with Gasteiger partial charge in [0, 0.05) is 35.5 Å². The van der Waals surface area contributed by atoms with Gasteiger partial charge in [-0.15, -0.1) is 11.3 Å². The lowest BCUT2D eigenvalue weighted by atomic mass is 9.86. The van der Waals surface area contributed by atoms with Crippen molar-refractivity contribution in [2.75, 3.05) is 26.2 Å². The van der Waals surface area contributed by atoms with Gasteiger partial charge in [0.05, 0.1) is 6.61 Å². The van der Waals surface area contributed by atoms with Crippen molar-refractivity contribution in [3.05, 3.63) is 115 Å². The van der Waals surface area contributed by atoms with E-state index >= 15 is 4.39 Å². The van der Waals surface area contributed by atoms with Gasteiger partial charge in [-0.05, 0) is 86.5 Å². The smallest absolute Gasteiger partial charge is 0.387 e. The average Bonchev–Trinajstić information content (AvgIpc) is 3.87. The molecule has 10 nitrogen and oxygen atoms in total. The summed E-state index contributed by atoms with van der Waals surface area (Å²) in [5.74, 6) is -1.40. The van der Waals surface area contributed by atoms with Crippen LogP contribution in [-0.2, 0) is 27.2 Å². The van der Waals surface area contributed by atoms with Gasteiger partial charge in [0.25, 0.3) is 0 Å². The molecule has 4 fully saturated rings. The van der Waals surface area contributed by atoms with Gasteiger partial charge < -0.3 is 24.2 Å². The number of hydrogen-bond donors (Lipinski definition) is 1. The van der Waals surface area contributed by atoms with Gasteiger partial charge in [0.2, 0.25) is 0 Å². The summed E-state index contributed by atoms with van der Waals surface area (Å²) in [6.45, 7) is -0.0800. The maximum absolute atomic E-state index is 15.0. The van der Waals surface area contributed by atoms with Crippen molar-refractivity contribution in [2.24, 2.45) is 11.8 Å². The van der Waals surface area contributed by atoms with Crippen LogP contribution in [0, 0.1) is 22.9 Å². The number of pyridine rings is 1. The number of rotatable bonds is 16. The summed E-state index contributed by atoms with van der Waals surface area (Å²) >= 11 is 13.9. The van der Waals surface area contributed by atoms with E-state index in [4.69, 9.17) is 42.1 Å². The number of piperidine rings is 3. The number of nitrogens with one attached hydrogen (secondary N) is 1. The second-order valence-electron chi connectivity index (χ2n) is 13.9. The third kappa shape index (κ3) is 9.84. The quantitative estimate of drug-likeness (QED) is 0.0687. The van der Waals surface area contributed by atoms with Crippen LogP contribution in [0.15, 0.2) is 67.0 Å². The fraction of sp³-hybridized carbons (Fsp3) is 0.410. The predicted molar refractivity (Wildman–Crippen MR) is 198 cm³/mol. The maximum atomic E-state index is 15.0. The van der Waals surface area contributed by atoms with Crippen molar-refractivity contribution in [1.29, 1.82) is 0 Å². The molecule has 3 atom stereocenters. The largest absolute Gasteiger partial charge is 0.619 e. The van der Waals surface area contributed by atoms with E-state index in [9.17, 15) is 23.6 Å². The highest BCUT2D eigenvalue weighted by molar-refractivity contribution is 7.13. The molecule has 4 aliphatic rings. The van der Waals surface area contributed by atoms with E-state index in [1.807, 2.05) is 0 Å². The predicted octanol–water partition coefficient (Wildman–Crippen LogP) is 7.83. The summed E-state index contributed by atoms with van der Waals surface area (Å²) in [5.41, 5.74) is 0.848. The number of alkyl halides is 2. The van der Waals surface area contributed by atoms with E-state index in [1.165, 1.54) is 24.3 Å². The Labute approximate surface area is 329 Å². The molecule has 1 saturated carbocycles. The van der Waals surface area contributed by atoms with Crippen LogP contribution in [0.4, 0.5) is 13.2 Å². The van der Waals surface area contributed by atoms with Crippen LogP contribution in [0.3, 0.4) is 0 Å². The molecule has 292 valence electrons. The van der Waals surface area contributed by atoms with Crippen molar-refractivity contribution < 1.29 is 46.4 Å². The molecule has 0 amide bonds. The third-order valence-electron chi connectivity index (χ3n) is 10.1. The van der Waals surface area contributed by atoms with Crippen LogP contribution in [0.25, 0.3) is 0 Å². The highest BCUT2D eigenvalue weighted by atomic mass is 35.5. The van der Waals surface area contributed by atoms with Gasteiger partial charge in [-0.1, -0.05) is 47.5 Å². The summed E-state index contributed by atoms with van der Waals surface area (Å²) in [6.07, 6.45) is 4.64. The molecule has 2 bridgehead atoms. The van der Waals surface area contributed by atoms with E-state index in [-0.39, 0.29) is 57.0 Å². The highest BCUT2D eigenvalue weighted by Crippen LogP contribution is 2.38. The molecule has 1 N–H and O–H groups in total. The number of halogens is 5. The SMILES string of the molecule is O=C(O[C@@H](Cc1c(Cl)c[n+]([O-])cc1Cl)c1ccc(OC(F)F)c(OCC2CC2)c1)c1ccc(CNC(C(=O)O[C@H]2CN3CCC2CC3)c2ccccc2F)s1. The molecule has 1 aliphatic carbocycles. The standard InChI is InChI=1S/C39H38Cl2F3N3O7S/c40-28-18-47(50)19-29(41)27(28)16-32(24-7-9-31(54-39(43)44)33(15-24)51-21-22-5-6-22)52-37(48)35-10-8-25(55-35)17-45-36(26-3-1-2-4-30(26)42)38(49)53-34-20-46-13-11-23(34)12-14-46/h1-4,7-10,15,18-19,22-23,32,34,36,39,45H,5-6,11-14,16-17,20-21H2/t32-,34-,36?/m0/s1. The Kier molecular flexibility index (Phi) is 12.4. The monoisotopic (exact) mass is 819 g/mol. The van der Waals surface area contributed by atoms with Crippen molar-refractivity contribution in [3.8, 4) is 11.5 Å². The Balaban J connectivity index is 1.09. The van der Waals surface area contributed by atoms with Crippen LogP contribution >= 0.6 is 34.5 Å². The number of carbonyl (C=O) groups excluding carboxylic acids is 2. The fourth-order valence-electron chi connectivity index (χ4n) is 6.93. The van der Waals surface area contributed by atoms with Gasteiger partial charge in [0.15, 0.2) is 23.9 Å². The molecule has 3 saturated heterocycles. The number of carbonyl (C=O) groups is 2. The molecule has 0 spiro atoms. The van der Waals surface area contributed by atoms with Crippen LogP contribution < -0.4 is 19.5 Å². The van der Waals surface area contributed by atoms with Gasteiger partial charge in [-0.2, -0.15) is 13.5 Å². The first kappa shape index (κ1) is 39.2. The molecular weight excluding hydrogens is 782 g/mol. The topological polar surface area (TPSA) is 113 Å². The van der Waals surface area contributed by atoms with Crippen LogP contribution in [0.5, 0.6) is 11.5 Å². The van der Waals surface area contributed by atoms with E-state index < -0.39 is 36.5 Å². The minimum Gasteiger partial charge on any atom is -0.619 e. The first-order valence-corrected chi connectivity index (χ1v) is 19.6. The second kappa shape index (κ2) is 17.4. The zero-order valence-corrected chi connectivity index (χ0v) is 31.8. The van der Waals surface area contributed by atoms with Crippen molar-refractivity contribution in [1.82, 2.24) is 10.2 Å². The lowest BCUT2D eigenvalue weighted by molar-refractivity contribution is -0.605. The maximum Gasteiger partial charge on any atom is 0.387 e. The second-order valence-corrected chi connectivity index (χ2v) is 15.9. The minimum atomic E-state index is -3.09. The van der Waals surface area contributed by atoms with Gasteiger partial charge >= 0.3 is 18.6 Å². The highest BCUT2D eigenvalue weighted by Gasteiger charge is 2.38. The van der Waals surface area contributed by atoms with E-state index in [2.05, 4.69) is 10.2 Å². The first-order valence-electron chi connectivity index (χ1n) is 18.0. The Morgan fingerprint density at radius 3 is 2.42 bits per heavy atom. The van der Waals surface area contributed by atoms with Crippen molar-refractivity contribution in [3.63, 3.8) is 0 Å². The summed E-state index contributed by atoms with van der Waals surface area (Å²) in [6, 6.07) is 12.4. The number of aromatic nitrogens is 1. The summed E-state index contributed by atoms with van der Waals surface area (Å²) in [4.78, 5) is 30.5. The summed E-state index contributed by atoms with van der Waals surface area (Å²) in [5, 5.41) is 15.2. The molecule has 2 aromatic carbocycles. The number of esters is 2. The summed E-state index contributed by atoms with van der Waals surface area (Å²) < 4.78 is 64.6. The number of hydrogen-bond acceptors (Lipinski definition) is 10. The molecule has 5 heterocycles. The average molecular weight is 821 g/mol. The molecule has 0 radical (unpaired) electrons. The number of thiophene rings is 1. The van der Waals surface area contributed by atoms with Crippen molar-refractivity contribution in [2.45, 2.75) is 63.5 Å². The fourth-order valence-corrected chi connectivity index (χ4v) is 8.37. The number of ether oxygens (including phenoxy) is 4. The van der Waals surface area contributed by atoms with E-state index in [0.29, 0.717) is 39.8 Å². The van der Waals surface area contributed by atoms with Gasteiger partial charge in [-0.3, -0.25) is 10.2 Å². The number of benzene rings is 2. The lowest BCUT2D eigenvalue weighted by Crippen LogP contribution is -2.52. The van der Waals surface area contributed by atoms with Crippen LogP contribution in [-0.4, -0.2) is 55.8 Å². The molecule has 4 aromatic rings. The van der Waals surface area contributed by atoms with E-state index in [0.717, 1.165) is 62.5 Å². The molecule has 2 aromatic heterocycles. The first-order chi connectivity index (χ1) is 26.5. The molecule has 55 heavy (non-hydrogen) atoms. The minimum absolute atomic E-state index is 0.0346. The van der Waals surface area contributed by atoms with Gasteiger partial charge in [-0.25, -0.2) is 14.0 Å².